The lowest BCUT2D eigenvalue weighted by molar-refractivity contribution is -0.141. The van der Waals surface area contributed by atoms with E-state index < -0.39 is 6.04 Å². The van der Waals surface area contributed by atoms with Crippen LogP contribution in [0.4, 0.5) is 0 Å². The lowest BCUT2D eigenvalue weighted by Gasteiger charge is -2.27. The van der Waals surface area contributed by atoms with Crippen LogP contribution in [0.2, 0.25) is 0 Å². The quantitative estimate of drug-likeness (QED) is 0.233. The van der Waals surface area contributed by atoms with E-state index in [1.165, 1.54) is 35.7 Å². The molecule has 0 spiro atoms. The lowest BCUT2D eigenvalue weighted by atomic mass is 10.1. The largest absolute Gasteiger partial charge is 0.359 e. The maximum Gasteiger partial charge on any atom is 0.243 e. The minimum atomic E-state index is -0.859. The van der Waals surface area contributed by atoms with E-state index in [0.717, 1.165) is 18.6 Å². The summed E-state index contributed by atoms with van der Waals surface area (Å²) in [7, 11) is 6.31. The molecule has 31 heavy (non-hydrogen) atoms. The maximum atomic E-state index is 12.6. The van der Waals surface area contributed by atoms with Gasteiger partial charge in [0.05, 0.1) is 11.7 Å². The molecule has 176 valence electrons. The molecule has 0 aromatic rings. The first kappa shape index (κ1) is 26.9. The predicted octanol–water partition coefficient (Wildman–Crippen LogP) is -0.664. The van der Waals surface area contributed by atoms with Gasteiger partial charge in [-0.3, -0.25) is 28.9 Å². The molecule has 0 saturated carbocycles. The fraction of sp³-hybridized carbons (Fsp3) is 0.750. The van der Waals surface area contributed by atoms with Gasteiger partial charge in [0, 0.05) is 47.1 Å². The highest BCUT2D eigenvalue weighted by molar-refractivity contribution is 8.00. The third kappa shape index (κ3) is 8.86. The summed E-state index contributed by atoms with van der Waals surface area (Å²) in [6, 6.07) is -0.859. The van der Waals surface area contributed by atoms with E-state index >= 15 is 0 Å². The Kier molecular flexibility index (Phi) is 12.2. The van der Waals surface area contributed by atoms with Crippen molar-refractivity contribution >= 4 is 41.3 Å². The van der Waals surface area contributed by atoms with Crippen molar-refractivity contribution in [3.05, 3.63) is 0 Å². The summed E-state index contributed by atoms with van der Waals surface area (Å²) in [5.74, 6) is -0.389. The lowest BCUT2D eigenvalue weighted by Crippen LogP contribution is -2.50. The molecule has 0 aliphatic carbocycles. The first-order valence-corrected chi connectivity index (χ1v) is 11.6. The summed E-state index contributed by atoms with van der Waals surface area (Å²) in [4.78, 5) is 62.7. The van der Waals surface area contributed by atoms with Crippen LogP contribution in [0.25, 0.3) is 0 Å². The third-order valence-electron chi connectivity index (χ3n) is 5.19. The molecule has 1 saturated heterocycles. The third-order valence-corrected chi connectivity index (χ3v) is 6.48. The number of carbonyl (C=O) groups is 5. The molecule has 5 amide bonds. The summed E-state index contributed by atoms with van der Waals surface area (Å²) >= 11 is 1.48. The number of nitrogens with zero attached hydrogens (tertiary/aromatic N) is 2. The number of hydrogen-bond acceptors (Lipinski definition) is 7. The molecule has 2 atom stereocenters. The number of nitrogens with one attached hydrogen (secondary N) is 3. The van der Waals surface area contributed by atoms with Crippen LogP contribution in [-0.2, 0) is 24.0 Å². The molecular formula is C20H35N5O5S. The van der Waals surface area contributed by atoms with Gasteiger partial charge in [0.1, 0.15) is 6.04 Å². The van der Waals surface area contributed by atoms with Crippen molar-refractivity contribution in [3.63, 3.8) is 0 Å². The predicted molar refractivity (Wildman–Crippen MR) is 119 cm³/mol. The van der Waals surface area contributed by atoms with Gasteiger partial charge in [0.15, 0.2) is 0 Å². The molecule has 10 nitrogen and oxygen atoms in total. The van der Waals surface area contributed by atoms with E-state index in [0.29, 0.717) is 19.5 Å². The van der Waals surface area contributed by atoms with Crippen LogP contribution < -0.4 is 16.0 Å². The molecule has 3 N–H and O–H groups in total. The number of likely N-dealkylation sites (tertiary alicyclic amines) is 1. The maximum absolute atomic E-state index is 12.6. The Balaban J connectivity index is 2.39. The number of rotatable bonds is 14. The van der Waals surface area contributed by atoms with Crippen molar-refractivity contribution in [1.29, 1.82) is 0 Å². The number of carbonyl (C=O) groups excluding carboxylic acids is 5. The van der Waals surface area contributed by atoms with Crippen molar-refractivity contribution in [2.75, 3.05) is 47.0 Å². The normalized spacial score (nSPS) is 16.9. The zero-order valence-electron chi connectivity index (χ0n) is 18.9. The average Bonchev–Trinajstić information content (AvgIpc) is 3.00. The van der Waals surface area contributed by atoms with Crippen LogP contribution in [0.1, 0.15) is 38.5 Å². The Morgan fingerprint density at radius 1 is 1.16 bits per heavy atom. The Hall–Kier alpha value is -2.14. The van der Waals surface area contributed by atoms with Gasteiger partial charge >= 0.3 is 0 Å². The number of likely N-dealkylation sites (N-methyl/N-ethyl adjacent to an activating group) is 2. The van der Waals surface area contributed by atoms with Crippen LogP contribution in [0.3, 0.4) is 0 Å². The molecule has 1 rings (SSSR count). The Bertz CT molecular complexity index is 660. The Morgan fingerprint density at radius 3 is 2.45 bits per heavy atom. The topological polar surface area (TPSA) is 128 Å². The highest BCUT2D eigenvalue weighted by atomic mass is 32.2. The molecular weight excluding hydrogens is 422 g/mol. The summed E-state index contributed by atoms with van der Waals surface area (Å²) in [6.07, 6.45) is 2.71. The summed E-state index contributed by atoms with van der Waals surface area (Å²) < 4.78 is 0. The van der Waals surface area contributed by atoms with Gasteiger partial charge in [-0.1, -0.05) is 6.42 Å². The first-order chi connectivity index (χ1) is 14.7. The van der Waals surface area contributed by atoms with Gasteiger partial charge in [0.2, 0.25) is 29.5 Å². The van der Waals surface area contributed by atoms with Crippen molar-refractivity contribution in [3.8, 4) is 0 Å². The second-order valence-corrected chi connectivity index (χ2v) is 8.77. The first-order valence-electron chi connectivity index (χ1n) is 10.5. The molecule has 0 bridgehead atoms. The fourth-order valence-electron chi connectivity index (χ4n) is 3.09. The fourth-order valence-corrected chi connectivity index (χ4v) is 4.31. The van der Waals surface area contributed by atoms with Crippen molar-refractivity contribution in [1.82, 2.24) is 25.8 Å². The van der Waals surface area contributed by atoms with E-state index in [4.69, 9.17) is 0 Å². The van der Waals surface area contributed by atoms with Gasteiger partial charge in [-0.25, -0.2) is 0 Å². The van der Waals surface area contributed by atoms with Crippen LogP contribution in [0.5, 0.6) is 0 Å². The zero-order valence-corrected chi connectivity index (χ0v) is 19.7. The van der Waals surface area contributed by atoms with Gasteiger partial charge in [-0.05, 0) is 25.6 Å². The molecule has 1 heterocycles. The number of unbranched alkanes of at least 4 members (excludes halogenated alkanes) is 2. The average molecular weight is 458 g/mol. The van der Waals surface area contributed by atoms with E-state index in [2.05, 4.69) is 16.0 Å². The smallest absolute Gasteiger partial charge is 0.243 e. The molecule has 1 fully saturated rings. The van der Waals surface area contributed by atoms with Crippen molar-refractivity contribution < 1.29 is 24.0 Å². The van der Waals surface area contributed by atoms with Gasteiger partial charge < -0.3 is 20.9 Å². The van der Waals surface area contributed by atoms with Gasteiger partial charge in [0.25, 0.3) is 0 Å². The zero-order chi connectivity index (χ0) is 23.4. The van der Waals surface area contributed by atoms with Crippen LogP contribution in [0.15, 0.2) is 0 Å². The Labute approximate surface area is 188 Å². The SMILES string of the molecule is CNCCNC(=O)[C@H](CC(=O)NC)N(C)C(=O)CCCCCSC1CC(=O)N(C)C1=O. The molecule has 1 unspecified atom stereocenters. The van der Waals surface area contributed by atoms with E-state index in [1.807, 2.05) is 0 Å². The van der Waals surface area contributed by atoms with E-state index in [-0.39, 0.29) is 54.0 Å². The Morgan fingerprint density at radius 2 is 1.87 bits per heavy atom. The van der Waals surface area contributed by atoms with Crippen LogP contribution in [-0.4, -0.2) is 97.7 Å². The molecule has 1 aliphatic heterocycles. The number of imide groups is 1. The standard InChI is InChI=1S/C20H35N5O5S/c1-21-9-10-23-19(29)14(12-16(26)22-2)24(3)17(27)8-6-5-7-11-31-15-13-18(28)25(4)20(15)30/h14-15,21H,5-13H2,1-4H3,(H,22,26)(H,23,29)/t14-,15?/m0/s1. The second kappa shape index (κ2) is 14.0. The van der Waals surface area contributed by atoms with Crippen LogP contribution >= 0.6 is 11.8 Å². The summed E-state index contributed by atoms with van der Waals surface area (Å²) in [6.45, 7) is 0.995. The van der Waals surface area contributed by atoms with Gasteiger partial charge in [-0.2, -0.15) is 0 Å². The van der Waals surface area contributed by atoms with E-state index in [1.54, 1.807) is 14.1 Å². The highest BCUT2D eigenvalue weighted by Gasteiger charge is 2.36. The van der Waals surface area contributed by atoms with Crippen molar-refractivity contribution in [2.24, 2.45) is 0 Å². The minimum absolute atomic E-state index is 0.0939. The van der Waals surface area contributed by atoms with Crippen LogP contribution in [0, 0.1) is 0 Å². The number of hydrogen-bond donors (Lipinski definition) is 3. The molecule has 0 aromatic carbocycles. The number of thioether (sulfide) groups is 1. The monoisotopic (exact) mass is 457 g/mol. The molecule has 0 radical (unpaired) electrons. The second-order valence-electron chi connectivity index (χ2n) is 7.46. The molecule has 11 heteroatoms. The van der Waals surface area contributed by atoms with Gasteiger partial charge in [-0.15, -0.1) is 11.8 Å². The van der Waals surface area contributed by atoms with Crippen molar-refractivity contribution in [2.45, 2.75) is 49.8 Å². The number of amides is 5. The summed E-state index contributed by atoms with van der Waals surface area (Å²) in [5.41, 5.74) is 0. The van der Waals surface area contributed by atoms with E-state index in [9.17, 15) is 24.0 Å². The molecule has 1 aliphatic rings. The molecule has 0 aromatic heterocycles. The highest BCUT2D eigenvalue weighted by Crippen LogP contribution is 2.25. The minimum Gasteiger partial charge on any atom is -0.359 e. The summed E-state index contributed by atoms with van der Waals surface area (Å²) in [5, 5.41) is 7.85.